The minimum absolute atomic E-state index is 0.0923. The van der Waals surface area contributed by atoms with E-state index >= 15 is 0 Å². The fraction of sp³-hybridized carbons (Fsp3) is 0.333. The highest BCUT2D eigenvalue weighted by atomic mass is 14.3. The molecule has 0 saturated heterocycles. The molecule has 3 aromatic carbocycles. The lowest BCUT2D eigenvalue weighted by Crippen LogP contribution is -2.19. The Morgan fingerprint density at radius 3 is 1.63 bits per heavy atom. The standard InChI is InChI=1S/C27H30/c1-17-15-22(24(27(5,6)7)16-23(17)26(2,3)4)21-14-10-13-20-18-11-8-9-12-19(18)25(20)21/h8-16H,1-7H3. The Labute approximate surface area is 164 Å². The highest BCUT2D eigenvalue weighted by molar-refractivity contribution is 6.09. The zero-order chi connectivity index (χ0) is 19.6. The van der Waals surface area contributed by atoms with Crippen LogP contribution in [0.2, 0.25) is 0 Å². The molecule has 27 heavy (non-hydrogen) atoms. The van der Waals surface area contributed by atoms with E-state index in [1.807, 2.05) is 0 Å². The summed E-state index contributed by atoms with van der Waals surface area (Å²) in [6, 6.07) is 20.4. The van der Waals surface area contributed by atoms with E-state index in [0.717, 1.165) is 0 Å². The molecule has 138 valence electrons. The number of hydrogen-bond acceptors (Lipinski definition) is 0. The maximum atomic E-state index is 2.47. The van der Waals surface area contributed by atoms with Gasteiger partial charge in [-0.05, 0) is 67.8 Å². The summed E-state index contributed by atoms with van der Waals surface area (Å²) in [5.74, 6) is 0. The fourth-order valence-electron chi connectivity index (χ4n) is 4.52. The highest BCUT2D eigenvalue weighted by Gasteiger charge is 2.29. The van der Waals surface area contributed by atoms with Crippen molar-refractivity contribution in [2.45, 2.75) is 59.3 Å². The molecule has 3 aromatic rings. The SMILES string of the molecule is Cc1cc(-c2cccc3c2-c2ccccc2-3)c(C(C)(C)C)cc1C(C)(C)C. The third kappa shape index (κ3) is 2.83. The van der Waals surface area contributed by atoms with Gasteiger partial charge in [-0.1, -0.05) is 96.1 Å². The van der Waals surface area contributed by atoms with Crippen LogP contribution in [0.5, 0.6) is 0 Å². The van der Waals surface area contributed by atoms with Crippen LogP contribution in [-0.2, 0) is 10.8 Å². The first-order valence-electron chi connectivity index (χ1n) is 9.98. The molecule has 0 bridgehead atoms. The minimum atomic E-state index is 0.0923. The predicted molar refractivity (Wildman–Crippen MR) is 118 cm³/mol. The Morgan fingerprint density at radius 2 is 1.04 bits per heavy atom. The lowest BCUT2D eigenvalue weighted by molar-refractivity contribution is 0.567. The normalized spacial score (nSPS) is 13.0. The monoisotopic (exact) mass is 354 g/mol. The van der Waals surface area contributed by atoms with Crippen molar-refractivity contribution in [1.29, 1.82) is 0 Å². The Kier molecular flexibility index (Phi) is 3.89. The molecule has 1 aliphatic carbocycles. The Hall–Kier alpha value is -2.34. The van der Waals surface area contributed by atoms with Gasteiger partial charge in [0.1, 0.15) is 0 Å². The second-order valence-corrected chi connectivity index (χ2v) is 9.99. The van der Waals surface area contributed by atoms with Crippen LogP contribution < -0.4 is 0 Å². The van der Waals surface area contributed by atoms with E-state index in [4.69, 9.17) is 0 Å². The number of benzene rings is 3. The second-order valence-electron chi connectivity index (χ2n) is 9.99. The molecule has 0 fully saturated rings. The van der Waals surface area contributed by atoms with Crippen molar-refractivity contribution < 1.29 is 0 Å². The Bertz CT molecular complexity index is 1040. The number of aryl methyl sites for hydroxylation is 1. The van der Waals surface area contributed by atoms with Crippen molar-refractivity contribution in [3.8, 4) is 33.4 Å². The average molecular weight is 355 g/mol. The lowest BCUT2D eigenvalue weighted by Gasteiger charge is -2.32. The van der Waals surface area contributed by atoms with Crippen LogP contribution in [0.15, 0.2) is 54.6 Å². The Balaban J connectivity index is 2.00. The van der Waals surface area contributed by atoms with Gasteiger partial charge in [-0.25, -0.2) is 0 Å². The molecule has 4 rings (SSSR count). The van der Waals surface area contributed by atoms with E-state index < -0.39 is 0 Å². The van der Waals surface area contributed by atoms with Crippen LogP contribution in [0.1, 0.15) is 58.2 Å². The molecule has 0 aliphatic heterocycles. The molecule has 1 aliphatic rings. The number of rotatable bonds is 1. The molecule has 0 unspecified atom stereocenters. The fourth-order valence-corrected chi connectivity index (χ4v) is 4.52. The Morgan fingerprint density at radius 1 is 0.519 bits per heavy atom. The summed E-state index contributed by atoms with van der Waals surface area (Å²) in [4.78, 5) is 0. The first kappa shape index (κ1) is 18.0. The largest absolute Gasteiger partial charge is 0.0616 e. The maximum absolute atomic E-state index is 2.47. The smallest absolute Gasteiger partial charge is 0.00203 e. The molecule has 0 N–H and O–H groups in total. The van der Waals surface area contributed by atoms with Crippen molar-refractivity contribution in [2.24, 2.45) is 0 Å². The first-order chi connectivity index (χ1) is 12.6. The van der Waals surface area contributed by atoms with Crippen molar-refractivity contribution in [1.82, 2.24) is 0 Å². The van der Waals surface area contributed by atoms with Crippen molar-refractivity contribution >= 4 is 0 Å². The summed E-state index contributed by atoms with van der Waals surface area (Å²) in [6.45, 7) is 16.2. The van der Waals surface area contributed by atoms with Gasteiger partial charge in [0.15, 0.2) is 0 Å². The molecule has 0 heterocycles. The summed E-state index contributed by atoms with van der Waals surface area (Å²) in [5.41, 5.74) is 12.9. The molecule has 0 atom stereocenters. The van der Waals surface area contributed by atoms with Crippen LogP contribution in [0.3, 0.4) is 0 Å². The summed E-state index contributed by atoms with van der Waals surface area (Å²) < 4.78 is 0. The van der Waals surface area contributed by atoms with Crippen LogP contribution >= 0.6 is 0 Å². The molecule has 0 saturated carbocycles. The zero-order valence-electron chi connectivity index (χ0n) is 17.7. The lowest BCUT2D eigenvalue weighted by atomic mass is 9.72. The molecule has 0 aromatic heterocycles. The summed E-state index contributed by atoms with van der Waals surface area (Å²) in [5, 5.41) is 0. The summed E-state index contributed by atoms with van der Waals surface area (Å²) in [6.07, 6.45) is 0. The van der Waals surface area contributed by atoms with Gasteiger partial charge in [0.2, 0.25) is 0 Å². The van der Waals surface area contributed by atoms with E-state index in [-0.39, 0.29) is 10.8 Å². The van der Waals surface area contributed by atoms with Gasteiger partial charge < -0.3 is 0 Å². The van der Waals surface area contributed by atoms with Gasteiger partial charge in [0.25, 0.3) is 0 Å². The molecule has 0 radical (unpaired) electrons. The van der Waals surface area contributed by atoms with Crippen molar-refractivity contribution in [3.63, 3.8) is 0 Å². The van der Waals surface area contributed by atoms with Gasteiger partial charge in [-0.15, -0.1) is 0 Å². The van der Waals surface area contributed by atoms with E-state index in [2.05, 4.69) is 103 Å². The first-order valence-corrected chi connectivity index (χ1v) is 9.98. The highest BCUT2D eigenvalue weighted by Crippen LogP contribution is 2.52. The molecule has 0 heteroatoms. The van der Waals surface area contributed by atoms with Gasteiger partial charge in [0, 0.05) is 0 Å². The molecule has 0 amide bonds. The third-order valence-electron chi connectivity index (χ3n) is 5.82. The minimum Gasteiger partial charge on any atom is -0.0616 e. The summed E-state index contributed by atoms with van der Waals surface area (Å²) in [7, 11) is 0. The molecule has 0 nitrogen and oxygen atoms in total. The average Bonchev–Trinajstić information content (AvgIpc) is 2.56. The number of fused-ring (bicyclic) bond motifs is 4. The van der Waals surface area contributed by atoms with E-state index in [9.17, 15) is 0 Å². The van der Waals surface area contributed by atoms with Gasteiger partial charge in [-0.2, -0.15) is 0 Å². The van der Waals surface area contributed by atoms with Crippen LogP contribution in [0.25, 0.3) is 33.4 Å². The van der Waals surface area contributed by atoms with Crippen LogP contribution in [0, 0.1) is 6.92 Å². The topological polar surface area (TPSA) is 0 Å². The van der Waals surface area contributed by atoms with Crippen LogP contribution in [-0.4, -0.2) is 0 Å². The molecule has 0 spiro atoms. The van der Waals surface area contributed by atoms with Gasteiger partial charge in [-0.3, -0.25) is 0 Å². The third-order valence-corrected chi connectivity index (χ3v) is 5.82. The van der Waals surface area contributed by atoms with E-state index in [1.54, 1.807) is 0 Å². The van der Waals surface area contributed by atoms with Crippen molar-refractivity contribution in [3.05, 3.63) is 71.3 Å². The van der Waals surface area contributed by atoms with Gasteiger partial charge >= 0.3 is 0 Å². The predicted octanol–water partition coefficient (Wildman–Crippen LogP) is 7.90. The van der Waals surface area contributed by atoms with E-state index in [1.165, 1.54) is 50.1 Å². The zero-order valence-corrected chi connectivity index (χ0v) is 17.7. The summed E-state index contributed by atoms with van der Waals surface area (Å²) >= 11 is 0. The molecular formula is C27H30. The molecular weight excluding hydrogens is 324 g/mol. The number of hydrogen-bond donors (Lipinski definition) is 0. The maximum Gasteiger partial charge on any atom is -0.00203 e. The van der Waals surface area contributed by atoms with E-state index in [0.29, 0.717) is 0 Å². The van der Waals surface area contributed by atoms with Crippen molar-refractivity contribution in [2.75, 3.05) is 0 Å². The quantitative estimate of drug-likeness (QED) is 0.326. The van der Waals surface area contributed by atoms with Gasteiger partial charge in [0.05, 0.1) is 0 Å². The second kappa shape index (κ2) is 5.83. The van der Waals surface area contributed by atoms with Crippen LogP contribution in [0.4, 0.5) is 0 Å².